The third kappa shape index (κ3) is 4.29. The number of fused-ring (bicyclic) bond motifs is 3. The number of imidazole rings is 1. The van der Waals surface area contributed by atoms with Gasteiger partial charge in [0.25, 0.3) is 11.5 Å². The molecule has 1 atom stereocenters. The smallest absolute Gasteiger partial charge is 0.253 e. The number of halogens is 2. The highest BCUT2D eigenvalue weighted by Crippen LogP contribution is 2.45. The lowest BCUT2D eigenvalue weighted by atomic mass is 9.89. The predicted octanol–water partition coefficient (Wildman–Crippen LogP) is 4.60. The minimum absolute atomic E-state index is 0.0483. The second-order valence-corrected chi connectivity index (χ2v) is 11.8. The van der Waals surface area contributed by atoms with E-state index in [0.717, 1.165) is 36.8 Å². The number of benzene rings is 1. The summed E-state index contributed by atoms with van der Waals surface area (Å²) in [5, 5.41) is 3.11. The van der Waals surface area contributed by atoms with Crippen LogP contribution in [-0.2, 0) is 13.5 Å². The van der Waals surface area contributed by atoms with Crippen molar-refractivity contribution in [3.63, 3.8) is 0 Å². The van der Waals surface area contributed by atoms with Crippen LogP contribution in [0.5, 0.6) is 0 Å². The van der Waals surface area contributed by atoms with Crippen molar-refractivity contribution in [3.8, 4) is 22.4 Å². The molecule has 2 fully saturated rings. The highest BCUT2D eigenvalue weighted by molar-refractivity contribution is 6.31. The zero-order valence-corrected chi connectivity index (χ0v) is 22.6. The van der Waals surface area contributed by atoms with Crippen LogP contribution in [0.1, 0.15) is 59.9 Å². The second kappa shape index (κ2) is 9.02. The van der Waals surface area contributed by atoms with Crippen LogP contribution >= 0.6 is 11.6 Å². The number of carbonyl (C=O) groups excluding carboxylic acids is 1. The van der Waals surface area contributed by atoms with Gasteiger partial charge in [0.2, 0.25) is 5.56 Å². The summed E-state index contributed by atoms with van der Waals surface area (Å²) in [5.41, 5.74) is 2.04. The van der Waals surface area contributed by atoms with E-state index in [-0.39, 0.29) is 38.7 Å². The largest absolute Gasteiger partial charge is 0.346 e. The Kier molecular flexibility index (Phi) is 5.64. The fraction of sp³-hybridized carbons (Fsp3) is 0.333. The van der Waals surface area contributed by atoms with Crippen molar-refractivity contribution >= 4 is 17.5 Å². The fourth-order valence-electron chi connectivity index (χ4n) is 5.81. The van der Waals surface area contributed by atoms with E-state index in [2.05, 4.69) is 15.3 Å². The lowest BCUT2D eigenvalue weighted by molar-refractivity contribution is 0.0930. The molecule has 7 rings (SSSR count). The van der Waals surface area contributed by atoms with Gasteiger partial charge in [-0.15, -0.1) is 0 Å². The van der Waals surface area contributed by atoms with Gasteiger partial charge in [0.1, 0.15) is 11.6 Å². The summed E-state index contributed by atoms with van der Waals surface area (Å²) < 4.78 is 18.6. The van der Waals surface area contributed by atoms with Gasteiger partial charge in [-0.3, -0.25) is 14.4 Å². The first kappa shape index (κ1) is 25.0. The van der Waals surface area contributed by atoms with Gasteiger partial charge in [0.05, 0.1) is 28.5 Å². The maximum absolute atomic E-state index is 15.5. The van der Waals surface area contributed by atoms with Crippen LogP contribution in [0.15, 0.2) is 58.5 Å². The molecule has 0 saturated heterocycles. The van der Waals surface area contributed by atoms with Gasteiger partial charge >= 0.3 is 0 Å². The summed E-state index contributed by atoms with van der Waals surface area (Å²) in [5.74, 6) is 0.0650. The first-order valence-corrected chi connectivity index (χ1v) is 13.9. The topological polar surface area (TPSA) is 102 Å². The van der Waals surface area contributed by atoms with Crippen LogP contribution in [0.25, 0.3) is 22.4 Å². The summed E-state index contributed by atoms with van der Waals surface area (Å²) in [4.78, 5) is 47.1. The van der Waals surface area contributed by atoms with Crippen molar-refractivity contribution in [3.05, 3.63) is 97.4 Å². The van der Waals surface area contributed by atoms with E-state index in [1.807, 2.05) is 0 Å². The highest BCUT2D eigenvalue weighted by atomic mass is 35.5. The van der Waals surface area contributed by atoms with Crippen LogP contribution in [0, 0.1) is 11.7 Å². The molecule has 8 nitrogen and oxygen atoms in total. The van der Waals surface area contributed by atoms with Gasteiger partial charge in [0, 0.05) is 53.8 Å². The Morgan fingerprint density at radius 1 is 1.10 bits per heavy atom. The molecule has 204 valence electrons. The second-order valence-electron chi connectivity index (χ2n) is 11.4. The molecule has 3 aliphatic rings. The van der Waals surface area contributed by atoms with Crippen LogP contribution in [0.3, 0.4) is 0 Å². The van der Waals surface area contributed by atoms with Crippen molar-refractivity contribution in [2.24, 2.45) is 13.0 Å². The summed E-state index contributed by atoms with van der Waals surface area (Å²) in [7, 11) is 1.68. The number of nitrogens with one attached hydrogen (secondary N) is 2. The number of aryl methyl sites for hydroxylation is 1. The van der Waals surface area contributed by atoms with E-state index in [1.54, 1.807) is 42.3 Å². The molecule has 3 aromatic heterocycles. The molecule has 4 aromatic rings. The first-order valence-electron chi connectivity index (χ1n) is 13.5. The lowest BCUT2D eigenvalue weighted by Gasteiger charge is -2.26. The Bertz CT molecular complexity index is 1810. The number of aromatic amines is 1. The monoisotopic (exact) mass is 559 g/mol. The van der Waals surface area contributed by atoms with Crippen molar-refractivity contribution in [2.45, 2.75) is 50.1 Å². The number of hydrogen-bond acceptors (Lipinski definition) is 4. The maximum Gasteiger partial charge on any atom is 0.253 e. The Labute approximate surface area is 233 Å². The number of nitrogens with zero attached hydrogens (tertiary/aromatic N) is 3. The molecule has 2 saturated carbocycles. The van der Waals surface area contributed by atoms with Gasteiger partial charge in [-0.2, -0.15) is 0 Å². The minimum Gasteiger partial charge on any atom is -0.346 e. The van der Waals surface area contributed by atoms with E-state index < -0.39 is 17.4 Å². The van der Waals surface area contributed by atoms with E-state index in [9.17, 15) is 14.4 Å². The number of carbonyl (C=O) groups is 1. The van der Waals surface area contributed by atoms with Crippen molar-refractivity contribution in [1.29, 1.82) is 0 Å². The molecule has 0 unspecified atom stereocenters. The van der Waals surface area contributed by atoms with E-state index in [1.165, 1.54) is 22.8 Å². The van der Waals surface area contributed by atoms with Crippen LogP contribution in [0.4, 0.5) is 4.39 Å². The van der Waals surface area contributed by atoms with Gasteiger partial charge in [-0.05, 0) is 49.3 Å². The third-order valence-electron chi connectivity index (χ3n) is 8.43. The molecule has 1 aromatic carbocycles. The Balaban J connectivity index is 1.37. The number of H-pyrrole nitrogens is 1. The van der Waals surface area contributed by atoms with Crippen molar-refractivity contribution in [2.75, 3.05) is 0 Å². The summed E-state index contributed by atoms with van der Waals surface area (Å²) in [6.07, 6.45) is 9.85. The highest BCUT2D eigenvalue weighted by Gasteiger charge is 2.46. The number of aromatic nitrogens is 4. The van der Waals surface area contributed by atoms with Gasteiger partial charge in [-0.1, -0.05) is 30.5 Å². The standard InChI is InChI=1S/C30H27ClFN5O3/c1-36-14-18(5-7-24(36)38)22-13-33-28(34-22)23(10-16-2-3-16)37-15-20-19(11-25(37)39)26-17(4-6-21(31)27(26)32)12-30(8-9-30)35-29(20)40/h4-7,11,13-16,23H,2-3,8-10,12H2,1H3,(H,33,34)(H,35,40)/t23-/m1/s1. The molecule has 2 N–H and O–H groups in total. The molecule has 2 aliphatic carbocycles. The number of rotatable bonds is 5. The molecule has 0 radical (unpaired) electrons. The van der Waals surface area contributed by atoms with Gasteiger partial charge < -0.3 is 19.4 Å². The number of amides is 1. The van der Waals surface area contributed by atoms with Crippen LogP contribution in [0.2, 0.25) is 5.02 Å². The molecular weight excluding hydrogens is 533 g/mol. The summed E-state index contributed by atoms with van der Waals surface area (Å²) in [6, 6.07) is 7.43. The van der Waals surface area contributed by atoms with Gasteiger partial charge in [-0.25, -0.2) is 9.37 Å². The summed E-state index contributed by atoms with van der Waals surface area (Å²) in [6.45, 7) is 0. The quantitative estimate of drug-likeness (QED) is 0.373. The molecule has 1 spiro atoms. The maximum atomic E-state index is 15.5. The average molecular weight is 560 g/mol. The van der Waals surface area contributed by atoms with Crippen molar-refractivity contribution < 1.29 is 9.18 Å². The zero-order valence-electron chi connectivity index (χ0n) is 21.8. The Morgan fingerprint density at radius 3 is 2.62 bits per heavy atom. The van der Waals surface area contributed by atoms with E-state index in [0.29, 0.717) is 30.3 Å². The van der Waals surface area contributed by atoms with E-state index in [4.69, 9.17) is 11.6 Å². The average Bonchev–Trinajstić information content (AvgIpc) is 3.84. The number of hydrogen-bond donors (Lipinski definition) is 2. The molecule has 10 heteroatoms. The van der Waals surface area contributed by atoms with Gasteiger partial charge in [0.15, 0.2) is 0 Å². The minimum atomic E-state index is -0.620. The van der Waals surface area contributed by atoms with E-state index >= 15 is 4.39 Å². The van der Waals surface area contributed by atoms with Crippen molar-refractivity contribution in [1.82, 2.24) is 24.4 Å². The fourth-order valence-corrected chi connectivity index (χ4v) is 5.97. The molecular formula is C30H27ClFN5O3. The molecule has 1 aliphatic heterocycles. The van der Waals surface area contributed by atoms with Crippen LogP contribution < -0.4 is 16.4 Å². The summed E-state index contributed by atoms with van der Waals surface area (Å²) >= 11 is 6.18. The Hall–Kier alpha value is -3.98. The third-order valence-corrected chi connectivity index (χ3v) is 8.73. The normalized spacial score (nSPS) is 17.9. The molecule has 40 heavy (non-hydrogen) atoms. The predicted molar refractivity (Wildman–Crippen MR) is 149 cm³/mol. The molecule has 4 heterocycles. The van der Waals surface area contributed by atoms with Crippen LogP contribution in [-0.4, -0.2) is 30.5 Å². The first-order chi connectivity index (χ1) is 19.2. The lowest BCUT2D eigenvalue weighted by Crippen LogP contribution is -2.41. The SMILES string of the molecule is Cn1cc(-c2cnc([C@@H](CC3CC3)n3cc4c(cc3=O)-c3c(ccc(Cl)c3F)CC3(CC3)NC4=O)[nH]2)ccc1=O. The molecule has 1 amide bonds. The Morgan fingerprint density at radius 2 is 1.90 bits per heavy atom. The zero-order chi connectivity index (χ0) is 27.8. The molecule has 0 bridgehead atoms. The number of pyridine rings is 2.